The number of ether oxygens (including phenoxy) is 1. The van der Waals surface area contributed by atoms with E-state index in [1.165, 1.54) is 0 Å². The smallest absolute Gasteiger partial charge is 0.326 e. The van der Waals surface area contributed by atoms with Crippen LogP contribution in [0.2, 0.25) is 0 Å². The number of carboxylic acid groups (broad SMARTS) is 1. The van der Waals surface area contributed by atoms with Crippen molar-refractivity contribution in [2.45, 2.75) is 18.9 Å². The lowest BCUT2D eigenvalue weighted by molar-refractivity contribution is -0.141. The van der Waals surface area contributed by atoms with Gasteiger partial charge in [0.25, 0.3) is 5.91 Å². The summed E-state index contributed by atoms with van der Waals surface area (Å²) in [6.45, 7) is 3.67. The molecule has 0 aliphatic carbocycles. The second kappa shape index (κ2) is 7.26. The fourth-order valence-electron chi connectivity index (χ4n) is 2.07. The molecule has 0 spiro atoms. The van der Waals surface area contributed by atoms with E-state index in [9.17, 15) is 9.59 Å². The van der Waals surface area contributed by atoms with Crippen molar-refractivity contribution >= 4 is 33.9 Å². The van der Waals surface area contributed by atoms with Crippen LogP contribution in [-0.4, -0.2) is 29.6 Å². The van der Waals surface area contributed by atoms with Gasteiger partial charge in [0.15, 0.2) is 0 Å². The number of halogens is 1. The standard InChI is InChI=1S/C16H16BrNO4/c1-2-3-4-13(16(20)21)18-15(19)11-7-10-8-12(17)5-6-14(10)22-9-11/h2,5-8,13H,1,3-4,9H2,(H,18,19)(H,20,21). The number of benzene rings is 1. The highest BCUT2D eigenvalue weighted by atomic mass is 79.9. The molecule has 0 saturated heterocycles. The van der Waals surface area contributed by atoms with Crippen molar-refractivity contribution in [1.29, 1.82) is 0 Å². The molecule has 1 unspecified atom stereocenters. The predicted octanol–water partition coefficient (Wildman–Crippen LogP) is 2.76. The number of carboxylic acids is 1. The molecule has 2 N–H and O–H groups in total. The van der Waals surface area contributed by atoms with Gasteiger partial charge in [-0.1, -0.05) is 22.0 Å². The number of fused-ring (bicyclic) bond motifs is 1. The Labute approximate surface area is 136 Å². The Balaban J connectivity index is 2.12. The van der Waals surface area contributed by atoms with E-state index in [0.29, 0.717) is 24.2 Å². The number of amides is 1. The van der Waals surface area contributed by atoms with Crippen LogP contribution in [-0.2, 0) is 9.59 Å². The Bertz CT molecular complexity index is 639. The van der Waals surface area contributed by atoms with Crippen LogP contribution in [0.25, 0.3) is 6.08 Å². The number of hydrogen-bond donors (Lipinski definition) is 2. The van der Waals surface area contributed by atoms with Gasteiger partial charge in [0.05, 0.1) is 5.57 Å². The highest BCUT2D eigenvalue weighted by Crippen LogP contribution is 2.29. The minimum Gasteiger partial charge on any atom is -0.488 e. The Hall–Kier alpha value is -2.08. The molecule has 0 fully saturated rings. The molecular formula is C16H16BrNO4. The molecule has 1 aliphatic rings. The first-order valence-electron chi connectivity index (χ1n) is 6.78. The van der Waals surface area contributed by atoms with Gasteiger partial charge < -0.3 is 15.2 Å². The quantitative estimate of drug-likeness (QED) is 0.760. The maximum atomic E-state index is 12.2. The third-order valence-corrected chi connectivity index (χ3v) is 3.73. The number of nitrogens with one attached hydrogen (secondary N) is 1. The SMILES string of the molecule is C=CCCC(NC(=O)C1=Cc2cc(Br)ccc2OC1)C(=O)O. The molecule has 1 atom stereocenters. The molecule has 116 valence electrons. The van der Waals surface area contributed by atoms with Crippen LogP contribution in [0.5, 0.6) is 5.75 Å². The van der Waals surface area contributed by atoms with Gasteiger partial charge in [-0.15, -0.1) is 6.58 Å². The molecule has 0 bridgehead atoms. The zero-order valence-corrected chi connectivity index (χ0v) is 13.4. The van der Waals surface area contributed by atoms with Gasteiger partial charge in [-0.3, -0.25) is 4.79 Å². The summed E-state index contributed by atoms with van der Waals surface area (Å²) in [6, 6.07) is 4.58. The minimum atomic E-state index is -1.06. The zero-order valence-electron chi connectivity index (χ0n) is 11.8. The van der Waals surface area contributed by atoms with Crippen LogP contribution in [0.15, 0.2) is 40.9 Å². The second-order valence-electron chi connectivity index (χ2n) is 4.87. The van der Waals surface area contributed by atoms with Crippen LogP contribution in [0.4, 0.5) is 0 Å². The number of aliphatic carboxylic acids is 1. The van der Waals surface area contributed by atoms with E-state index in [-0.39, 0.29) is 6.61 Å². The van der Waals surface area contributed by atoms with E-state index in [1.54, 1.807) is 12.2 Å². The summed E-state index contributed by atoms with van der Waals surface area (Å²) in [5.74, 6) is -0.793. The summed E-state index contributed by atoms with van der Waals surface area (Å²) in [4.78, 5) is 23.4. The fraction of sp³-hybridized carbons (Fsp3) is 0.250. The van der Waals surface area contributed by atoms with Gasteiger partial charge in [-0.25, -0.2) is 4.79 Å². The number of carbonyl (C=O) groups is 2. The van der Waals surface area contributed by atoms with Crippen LogP contribution in [0.3, 0.4) is 0 Å². The normalized spacial score (nSPS) is 14.1. The number of carbonyl (C=O) groups excluding carboxylic acids is 1. The van der Waals surface area contributed by atoms with Crippen LogP contribution < -0.4 is 10.1 Å². The molecule has 1 aromatic rings. The van der Waals surface area contributed by atoms with Crippen LogP contribution in [0.1, 0.15) is 18.4 Å². The van der Waals surface area contributed by atoms with E-state index in [2.05, 4.69) is 27.8 Å². The van der Waals surface area contributed by atoms with Gasteiger partial charge in [0.2, 0.25) is 0 Å². The first-order valence-corrected chi connectivity index (χ1v) is 7.58. The van der Waals surface area contributed by atoms with Crippen LogP contribution >= 0.6 is 15.9 Å². The first-order chi connectivity index (χ1) is 10.5. The summed E-state index contributed by atoms with van der Waals surface area (Å²) >= 11 is 3.36. The van der Waals surface area contributed by atoms with Crippen molar-refractivity contribution in [1.82, 2.24) is 5.32 Å². The summed E-state index contributed by atoms with van der Waals surface area (Å²) in [7, 11) is 0. The summed E-state index contributed by atoms with van der Waals surface area (Å²) < 4.78 is 6.40. The van der Waals surface area contributed by atoms with Gasteiger partial charge >= 0.3 is 5.97 Å². The average Bonchev–Trinajstić information content (AvgIpc) is 2.50. The van der Waals surface area contributed by atoms with Crippen molar-refractivity contribution in [3.05, 3.63) is 46.5 Å². The van der Waals surface area contributed by atoms with Crippen molar-refractivity contribution < 1.29 is 19.4 Å². The second-order valence-corrected chi connectivity index (χ2v) is 5.79. The number of hydrogen-bond acceptors (Lipinski definition) is 3. The Morgan fingerprint density at radius 1 is 1.50 bits per heavy atom. The molecule has 5 nitrogen and oxygen atoms in total. The molecule has 1 aromatic carbocycles. The van der Waals surface area contributed by atoms with Crippen molar-refractivity contribution in [2.24, 2.45) is 0 Å². The molecule has 0 saturated carbocycles. The first kappa shape index (κ1) is 16.3. The summed E-state index contributed by atoms with van der Waals surface area (Å²) in [5.41, 5.74) is 1.18. The molecule has 1 amide bonds. The average molecular weight is 366 g/mol. The Morgan fingerprint density at radius 3 is 2.95 bits per heavy atom. The summed E-state index contributed by atoms with van der Waals surface area (Å²) in [6.07, 6.45) is 4.16. The summed E-state index contributed by atoms with van der Waals surface area (Å²) in [5, 5.41) is 11.7. The lowest BCUT2D eigenvalue weighted by atomic mass is 10.1. The van der Waals surface area contributed by atoms with E-state index in [0.717, 1.165) is 10.0 Å². The molecule has 1 heterocycles. The third-order valence-electron chi connectivity index (χ3n) is 3.24. The molecular weight excluding hydrogens is 350 g/mol. The van der Waals surface area contributed by atoms with E-state index < -0.39 is 17.9 Å². The molecule has 1 aliphatic heterocycles. The third kappa shape index (κ3) is 3.98. The van der Waals surface area contributed by atoms with Crippen molar-refractivity contribution in [2.75, 3.05) is 6.61 Å². The Morgan fingerprint density at radius 2 is 2.27 bits per heavy atom. The largest absolute Gasteiger partial charge is 0.488 e. The monoisotopic (exact) mass is 365 g/mol. The maximum Gasteiger partial charge on any atom is 0.326 e. The van der Waals surface area contributed by atoms with Crippen LogP contribution in [0, 0.1) is 0 Å². The number of rotatable bonds is 6. The molecule has 22 heavy (non-hydrogen) atoms. The van der Waals surface area contributed by atoms with Gasteiger partial charge in [0, 0.05) is 10.0 Å². The molecule has 0 aromatic heterocycles. The lowest BCUT2D eigenvalue weighted by Crippen LogP contribution is -2.42. The van der Waals surface area contributed by atoms with Crippen molar-refractivity contribution in [3.63, 3.8) is 0 Å². The highest BCUT2D eigenvalue weighted by molar-refractivity contribution is 9.10. The molecule has 2 rings (SSSR count). The lowest BCUT2D eigenvalue weighted by Gasteiger charge is -2.20. The van der Waals surface area contributed by atoms with Gasteiger partial charge in [0.1, 0.15) is 18.4 Å². The zero-order chi connectivity index (χ0) is 16.1. The maximum absolute atomic E-state index is 12.2. The highest BCUT2D eigenvalue weighted by Gasteiger charge is 2.23. The minimum absolute atomic E-state index is 0.119. The van der Waals surface area contributed by atoms with Gasteiger partial charge in [-0.05, 0) is 37.1 Å². The van der Waals surface area contributed by atoms with E-state index in [1.807, 2.05) is 18.2 Å². The van der Waals surface area contributed by atoms with E-state index in [4.69, 9.17) is 9.84 Å². The fourth-order valence-corrected chi connectivity index (χ4v) is 2.45. The van der Waals surface area contributed by atoms with E-state index >= 15 is 0 Å². The number of allylic oxidation sites excluding steroid dienone is 1. The van der Waals surface area contributed by atoms with Crippen molar-refractivity contribution in [3.8, 4) is 5.75 Å². The topological polar surface area (TPSA) is 75.6 Å². The predicted molar refractivity (Wildman–Crippen MR) is 86.6 cm³/mol. The Kier molecular flexibility index (Phi) is 5.38. The van der Waals surface area contributed by atoms with Gasteiger partial charge in [-0.2, -0.15) is 0 Å². The molecule has 6 heteroatoms. The molecule has 0 radical (unpaired) electrons.